The Morgan fingerprint density at radius 3 is 1.60 bits per heavy atom. The predicted octanol–water partition coefficient (Wildman–Crippen LogP) is -2.10. The number of carboxylic acids is 1. The van der Waals surface area contributed by atoms with Gasteiger partial charge in [0.05, 0.1) is 0 Å². The van der Waals surface area contributed by atoms with Gasteiger partial charge in [-0.15, -0.1) is 0 Å². The first-order chi connectivity index (χ1) is 8.61. The Balaban J connectivity index is 5.47. The first kappa shape index (κ1) is 19.6. The van der Waals surface area contributed by atoms with Crippen LogP contribution in [0.2, 0.25) is 0 Å². The summed E-state index contributed by atoms with van der Waals surface area (Å²) in [6, 6.07) is -2.23. The van der Waals surface area contributed by atoms with Crippen LogP contribution in [-0.2, 0) is 24.0 Å². The third kappa shape index (κ3) is 9.53. The van der Waals surface area contributed by atoms with Crippen molar-refractivity contribution in [2.45, 2.75) is 6.04 Å². The summed E-state index contributed by atoms with van der Waals surface area (Å²) in [6.07, 6.45) is -2.80. The molecule has 0 heterocycles. The van der Waals surface area contributed by atoms with E-state index in [0.29, 0.717) is 0 Å². The molecule has 0 aliphatic carbocycles. The molecule has 0 unspecified atom stereocenters. The van der Waals surface area contributed by atoms with Crippen molar-refractivity contribution in [3.05, 3.63) is 0 Å². The second-order valence-corrected chi connectivity index (χ2v) is 8.53. The third-order valence-electron chi connectivity index (χ3n) is 1.83. The van der Waals surface area contributed by atoms with E-state index < -0.39 is 55.6 Å². The highest BCUT2D eigenvalue weighted by atomic mass is 32.2. The maximum Gasteiger partial charge on any atom is 0.339 e. The van der Waals surface area contributed by atoms with E-state index in [4.69, 9.17) is 29.2 Å². The van der Waals surface area contributed by atoms with Crippen molar-refractivity contribution < 1.29 is 51.6 Å². The third-order valence-corrected chi connectivity index (χ3v) is 4.03. The molecular weight excluding hydrogens is 344 g/mol. The molecule has 0 saturated heterocycles. The summed E-state index contributed by atoms with van der Waals surface area (Å²) in [6.45, 7) is 0. The van der Waals surface area contributed by atoms with E-state index >= 15 is 0 Å². The van der Waals surface area contributed by atoms with E-state index in [9.17, 15) is 22.3 Å². The van der Waals surface area contributed by atoms with Crippen molar-refractivity contribution in [2.75, 3.05) is 18.3 Å². The topological polar surface area (TPSA) is 210 Å². The van der Waals surface area contributed by atoms with Gasteiger partial charge in [-0.2, -0.15) is 8.42 Å². The van der Waals surface area contributed by atoms with Gasteiger partial charge in [0.25, 0.3) is 10.1 Å². The van der Waals surface area contributed by atoms with Crippen LogP contribution in [0.1, 0.15) is 0 Å². The first-order valence-corrected chi connectivity index (χ1v) is 9.82. The molecule has 6 N–H and O–H groups in total. The number of hydrogen-bond donors (Lipinski definition) is 6. The summed E-state index contributed by atoms with van der Waals surface area (Å²) in [5, 5.41) is 8.78. The number of rotatable bonds is 8. The molecular formula is C5H13NO11P2S. The average molecular weight is 357 g/mol. The van der Waals surface area contributed by atoms with Gasteiger partial charge in [-0.3, -0.25) is 23.4 Å². The maximum absolute atomic E-state index is 10.9. The van der Waals surface area contributed by atoms with Crippen LogP contribution >= 0.6 is 15.2 Å². The summed E-state index contributed by atoms with van der Waals surface area (Å²) in [5.41, 5.74) is 0. The number of carboxylic acid groups (broad SMARTS) is 1. The molecule has 15 heteroatoms. The van der Waals surface area contributed by atoms with Crippen molar-refractivity contribution in [1.29, 1.82) is 0 Å². The van der Waals surface area contributed by atoms with Crippen molar-refractivity contribution in [3.8, 4) is 0 Å². The quantitative estimate of drug-likeness (QED) is 0.204. The van der Waals surface area contributed by atoms with Crippen LogP contribution < -0.4 is 0 Å². The van der Waals surface area contributed by atoms with Crippen LogP contribution in [0.3, 0.4) is 0 Å². The highest BCUT2D eigenvalue weighted by Gasteiger charge is 2.37. The predicted molar refractivity (Wildman–Crippen MR) is 63.5 cm³/mol. The molecule has 0 saturated carbocycles. The highest BCUT2D eigenvalue weighted by molar-refractivity contribution is 7.85. The Hall–Kier alpha value is -0.360. The summed E-state index contributed by atoms with van der Waals surface area (Å²) in [5.74, 6) is -3.41. The van der Waals surface area contributed by atoms with Crippen molar-refractivity contribution in [3.63, 3.8) is 0 Å². The smallest absolute Gasteiger partial charge is 0.339 e. The highest BCUT2D eigenvalue weighted by Crippen LogP contribution is 2.41. The summed E-state index contributed by atoms with van der Waals surface area (Å²) in [4.78, 5) is 45.9. The van der Waals surface area contributed by atoms with Gasteiger partial charge in [0.15, 0.2) is 0 Å². The van der Waals surface area contributed by atoms with Crippen LogP contribution in [0.5, 0.6) is 0 Å². The average Bonchev–Trinajstić information content (AvgIpc) is 2.06. The summed E-state index contributed by atoms with van der Waals surface area (Å²) in [7, 11) is -14.7. The lowest BCUT2D eigenvalue weighted by atomic mass is 10.3. The number of hydrogen-bond acceptors (Lipinski definition) is 6. The Morgan fingerprint density at radius 1 is 1.05 bits per heavy atom. The van der Waals surface area contributed by atoms with Crippen LogP contribution in [0.15, 0.2) is 0 Å². The largest absolute Gasteiger partial charge is 0.480 e. The van der Waals surface area contributed by atoms with E-state index in [1.807, 2.05) is 0 Å². The molecule has 12 nitrogen and oxygen atoms in total. The molecule has 0 fully saturated rings. The number of carbonyl (C=O) groups is 1. The first-order valence-electron chi connectivity index (χ1n) is 4.62. The molecule has 0 aromatic rings. The SMILES string of the molecule is O=C(O)[C@H](CS(=O)(=O)O)N(CP(=O)(O)O)CP(=O)(O)O. The standard InChI is InChI=1S/C5H13NO11P2S/c7-5(8)4(1-20(15,16)17)6(2-18(9,10)11)3-19(12,13)14/h4H,1-3H2,(H,7,8)(H2,9,10,11)(H2,12,13,14)(H,15,16,17)/t4-/m0/s1. The Morgan fingerprint density at radius 2 is 1.40 bits per heavy atom. The zero-order valence-corrected chi connectivity index (χ0v) is 12.3. The van der Waals surface area contributed by atoms with Gasteiger partial charge in [0.1, 0.15) is 24.4 Å². The van der Waals surface area contributed by atoms with Gasteiger partial charge in [0.2, 0.25) is 0 Å². The summed E-state index contributed by atoms with van der Waals surface area (Å²) >= 11 is 0. The molecule has 0 aromatic heterocycles. The van der Waals surface area contributed by atoms with Gasteiger partial charge in [-0.1, -0.05) is 0 Å². The molecule has 0 bridgehead atoms. The van der Waals surface area contributed by atoms with Crippen LogP contribution in [0, 0.1) is 0 Å². The fourth-order valence-electron chi connectivity index (χ4n) is 1.25. The Labute approximate surface area is 113 Å². The van der Waals surface area contributed by atoms with Crippen LogP contribution in [0.4, 0.5) is 0 Å². The molecule has 0 aliphatic rings. The van der Waals surface area contributed by atoms with E-state index in [1.54, 1.807) is 0 Å². The lowest BCUT2D eigenvalue weighted by molar-refractivity contribution is -0.141. The fourth-order valence-corrected chi connectivity index (χ4v) is 3.70. The minimum absolute atomic E-state index is 0.0949. The second-order valence-electron chi connectivity index (χ2n) is 3.80. The molecule has 0 aliphatic heterocycles. The van der Waals surface area contributed by atoms with Gasteiger partial charge in [-0.05, 0) is 0 Å². The van der Waals surface area contributed by atoms with Crippen LogP contribution in [-0.4, -0.2) is 72.9 Å². The molecule has 20 heavy (non-hydrogen) atoms. The Bertz CT molecular complexity index is 521. The van der Waals surface area contributed by atoms with E-state index in [-0.39, 0.29) is 4.90 Å². The molecule has 0 amide bonds. The fraction of sp³-hybridized carbons (Fsp3) is 0.800. The zero-order chi connectivity index (χ0) is 16.4. The molecule has 0 rings (SSSR count). The molecule has 1 atom stereocenters. The minimum Gasteiger partial charge on any atom is -0.480 e. The van der Waals surface area contributed by atoms with E-state index in [2.05, 4.69) is 0 Å². The van der Waals surface area contributed by atoms with Gasteiger partial charge in [0, 0.05) is 0 Å². The van der Waals surface area contributed by atoms with Crippen molar-refractivity contribution >= 4 is 31.3 Å². The monoisotopic (exact) mass is 357 g/mol. The van der Waals surface area contributed by atoms with E-state index in [0.717, 1.165) is 0 Å². The van der Waals surface area contributed by atoms with Crippen molar-refractivity contribution in [1.82, 2.24) is 4.90 Å². The van der Waals surface area contributed by atoms with Gasteiger partial charge < -0.3 is 24.7 Å². The molecule has 0 radical (unpaired) electrons. The van der Waals surface area contributed by atoms with Gasteiger partial charge in [-0.25, -0.2) is 0 Å². The minimum atomic E-state index is -4.92. The maximum atomic E-state index is 10.9. The van der Waals surface area contributed by atoms with Crippen molar-refractivity contribution in [2.24, 2.45) is 0 Å². The normalized spacial score (nSPS) is 15.3. The number of aliphatic carboxylic acids is 1. The second kappa shape index (κ2) is 6.60. The van der Waals surface area contributed by atoms with E-state index in [1.165, 1.54) is 0 Å². The zero-order valence-electron chi connectivity index (χ0n) is 9.67. The number of nitrogens with zero attached hydrogens (tertiary/aromatic N) is 1. The summed E-state index contributed by atoms with van der Waals surface area (Å²) < 4.78 is 51.5. The lowest BCUT2D eigenvalue weighted by Crippen LogP contribution is -2.46. The van der Waals surface area contributed by atoms with Crippen LogP contribution in [0.25, 0.3) is 0 Å². The molecule has 0 spiro atoms. The molecule has 0 aromatic carbocycles. The Kier molecular flexibility index (Phi) is 6.48. The lowest BCUT2D eigenvalue weighted by Gasteiger charge is -2.28. The molecule has 120 valence electrons. The van der Waals surface area contributed by atoms with Gasteiger partial charge >= 0.3 is 21.2 Å².